The molecule has 2 N–H and O–H groups in total. The molecule has 118 valence electrons. The molecule has 0 radical (unpaired) electrons. The summed E-state index contributed by atoms with van der Waals surface area (Å²) < 4.78 is 31.5. The summed E-state index contributed by atoms with van der Waals surface area (Å²) in [4.78, 5) is 13.7. The SMILES string of the molecule is COC(CN)CC(=O)N1CCN(S(=O)(=O)N(C)C)CC1. The van der Waals surface area contributed by atoms with Gasteiger partial charge in [-0.1, -0.05) is 0 Å². The van der Waals surface area contributed by atoms with Crippen molar-refractivity contribution in [3.05, 3.63) is 0 Å². The molecule has 8 nitrogen and oxygen atoms in total. The maximum absolute atomic E-state index is 12.0. The topological polar surface area (TPSA) is 96.2 Å². The van der Waals surface area contributed by atoms with Crippen LogP contribution in [0.25, 0.3) is 0 Å². The molecule has 0 aromatic heterocycles. The molecule has 1 aliphatic heterocycles. The lowest BCUT2D eigenvalue weighted by Crippen LogP contribution is -2.53. The van der Waals surface area contributed by atoms with E-state index in [1.165, 1.54) is 29.8 Å². The molecule has 0 bridgehead atoms. The molecule has 1 heterocycles. The average molecular weight is 308 g/mol. The average Bonchev–Trinajstić information content (AvgIpc) is 2.44. The molecule has 9 heteroatoms. The third-order valence-corrected chi connectivity index (χ3v) is 5.32. The molecule has 1 unspecified atom stereocenters. The fraction of sp³-hybridized carbons (Fsp3) is 0.909. The lowest BCUT2D eigenvalue weighted by atomic mass is 10.2. The number of nitrogens with two attached hydrogens (primary N) is 1. The second kappa shape index (κ2) is 7.32. The van der Waals surface area contributed by atoms with E-state index in [9.17, 15) is 13.2 Å². The molecule has 1 aliphatic rings. The summed E-state index contributed by atoms with van der Waals surface area (Å²) in [5.74, 6) is -0.0517. The van der Waals surface area contributed by atoms with Crippen LogP contribution in [0.5, 0.6) is 0 Å². The molecule has 0 aliphatic carbocycles. The van der Waals surface area contributed by atoms with Crippen LogP contribution in [0.15, 0.2) is 0 Å². The van der Waals surface area contributed by atoms with E-state index in [2.05, 4.69) is 0 Å². The van der Waals surface area contributed by atoms with Crippen molar-refractivity contribution in [1.29, 1.82) is 0 Å². The van der Waals surface area contributed by atoms with Crippen LogP contribution in [0.3, 0.4) is 0 Å². The van der Waals surface area contributed by atoms with Gasteiger partial charge in [0.15, 0.2) is 0 Å². The number of methoxy groups -OCH3 is 1. The Hall–Kier alpha value is -0.740. The van der Waals surface area contributed by atoms with Crippen LogP contribution in [-0.4, -0.2) is 87.9 Å². The van der Waals surface area contributed by atoms with E-state index in [0.717, 1.165) is 0 Å². The molecule has 1 saturated heterocycles. The van der Waals surface area contributed by atoms with Crippen molar-refractivity contribution in [3.8, 4) is 0 Å². The molecular weight excluding hydrogens is 284 g/mol. The van der Waals surface area contributed by atoms with Gasteiger partial charge in [-0.2, -0.15) is 17.0 Å². The third-order valence-electron chi connectivity index (χ3n) is 3.38. The zero-order chi connectivity index (χ0) is 15.3. The van der Waals surface area contributed by atoms with Crippen molar-refractivity contribution in [2.24, 2.45) is 5.73 Å². The first-order chi connectivity index (χ1) is 9.32. The summed E-state index contributed by atoms with van der Waals surface area (Å²) in [6, 6.07) is 0. The molecule has 1 atom stereocenters. The number of carbonyl (C=O) groups excluding carboxylic acids is 1. The van der Waals surface area contributed by atoms with E-state index in [-0.39, 0.29) is 25.0 Å². The summed E-state index contributed by atoms with van der Waals surface area (Å²) in [6.07, 6.45) is -0.0565. The van der Waals surface area contributed by atoms with Crippen LogP contribution < -0.4 is 5.73 Å². The van der Waals surface area contributed by atoms with Crippen molar-refractivity contribution >= 4 is 16.1 Å². The Morgan fingerprint density at radius 3 is 2.25 bits per heavy atom. The molecule has 0 aromatic carbocycles. The molecule has 0 spiro atoms. The predicted molar refractivity (Wildman–Crippen MR) is 75.2 cm³/mol. The number of ether oxygens (including phenoxy) is 1. The zero-order valence-corrected chi connectivity index (χ0v) is 13.1. The lowest BCUT2D eigenvalue weighted by molar-refractivity contribution is -0.134. The summed E-state index contributed by atoms with van der Waals surface area (Å²) in [5.41, 5.74) is 5.48. The van der Waals surface area contributed by atoms with Gasteiger partial charge < -0.3 is 15.4 Å². The Morgan fingerprint density at radius 1 is 1.30 bits per heavy atom. The highest BCUT2D eigenvalue weighted by Gasteiger charge is 2.30. The fourth-order valence-corrected chi connectivity index (χ4v) is 3.07. The van der Waals surface area contributed by atoms with Crippen molar-refractivity contribution in [3.63, 3.8) is 0 Å². The smallest absolute Gasteiger partial charge is 0.281 e. The summed E-state index contributed by atoms with van der Waals surface area (Å²) in [6.45, 7) is 1.70. The highest BCUT2D eigenvalue weighted by atomic mass is 32.2. The quantitative estimate of drug-likeness (QED) is 0.631. The van der Waals surface area contributed by atoms with Gasteiger partial charge in [-0.15, -0.1) is 0 Å². The monoisotopic (exact) mass is 308 g/mol. The maximum atomic E-state index is 12.0. The third kappa shape index (κ3) is 4.13. The highest BCUT2D eigenvalue weighted by Crippen LogP contribution is 2.11. The molecule has 0 saturated carbocycles. The number of amides is 1. The summed E-state index contributed by atoms with van der Waals surface area (Å²) in [5, 5.41) is 0. The largest absolute Gasteiger partial charge is 0.380 e. The van der Waals surface area contributed by atoms with Gasteiger partial charge in [0.2, 0.25) is 5.91 Å². The Morgan fingerprint density at radius 2 is 1.85 bits per heavy atom. The minimum atomic E-state index is -3.40. The predicted octanol–water partition coefficient (Wildman–Crippen LogP) is -1.70. The molecule has 1 amide bonds. The normalized spacial score (nSPS) is 19.4. The minimum absolute atomic E-state index is 0.0517. The summed E-state index contributed by atoms with van der Waals surface area (Å²) in [7, 11) is 1.12. The van der Waals surface area contributed by atoms with Crippen molar-refractivity contribution in [2.45, 2.75) is 12.5 Å². The highest BCUT2D eigenvalue weighted by molar-refractivity contribution is 7.86. The molecule has 1 rings (SSSR count). The number of nitrogens with zero attached hydrogens (tertiary/aromatic N) is 3. The van der Waals surface area contributed by atoms with E-state index >= 15 is 0 Å². The van der Waals surface area contributed by atoms with E-state index < -0.39 is 10.2 Å². The van der Waals surface area contributed by atoms with Crippen molar-refractivity contribution < 1.29 is 17.9 Å². The zero-order valence-electron chi connectivity index (χ0n) is 12.3. The number of hydrogen-bond donors (Lipinski definition) is 1. The van der Waals surface area contributed by atoms with Crippen LogP contribution in [-0.2, 0) is 19.7 Å². The number of carbonyl (C=O) groups is 1. The first-order valence-electron chi connectivity index (χ1n) is 6.51. The Bertz CT molecular complexity index is 414. The molecule has 1 fully saturated rings. The summed E-state index contributed by atoms with van der Waals surface area (Å²) >= 11 is 0. The van der Waals surface area contributed by atoms with E-state index in [0.29, 0.717) is 26.2 Å². The van der Waals surface area contributed by atoms with Crippen LogP contribution in [0.2, 0.25) is 0 Å². The second-order valence-electron chi connectivity index (χ2n) is 4.87. The molecule has 0 aromatic rings. The Kier molecular flexibility index (Phi) is 6.34. The van der Waals surface area contributed by atoms with Gasteiger partial charge in [-0.25, -0.2) is 0 Å². The minimum Gasteiger partial charge on any atom is -0.380 e. The first kappa shape index (κ1) is 17.3. The van der Waals surface area contributed by atoms with Gasteiger partial charge in [-0.3, -0.25) is 4.79 Å². The van der Waals surface area contributed by atoms with Crippen LogP contribution in [0.4, 0.5) is 0 Å². The van der Waals surface area contributed by atoms with E-state index in [1.54, 1.807) is 4.90 Å². The maximum Gasteiger partial charge on any atom is 0.281 e. The van der Waals surface area contributed by atoms with Crippen molar-refractivity contribution in [2.75, 3.05) is 53.9 Å². The Labute approximate surface area is 120 Å². The van der Waals surface area contributed by atoms with E-state index in [1.807, 2.05) is 0 Å². The molecule has 20 heavy (non-hydrogen) atoms. The fourth-order valence-electron chi connectivity index (χ4n) is 1.99. The van der Waals surface area contributed by atoms with Crippen molar-refractivity contribution in [1.82, 2.24) is 13.5 Å². The number of rotatable bonds is 6. The second-order valence-corrected chi connectivity index (χ2v) is 7.01. The lowest BCUT2D eigenvalue weighted by Gasteiger charge is -2.35. The van der Waals surface area contributed by atoms with E-state index in [4.69, 9.17) is 10.5 Å². The van der Waals surface area contributed by atoms with Gasteiger partial charge in [0.1, 0.15) is 0 Å². The van der Waals surface area contributed by atoms with Crippen LogP contribution in [0, 0.1) is 0 Å². The Balaban J connectivity index is 2.52. The first-order valence-corrected chi connectivity index (χ1v) is 7.90. The number of piperazine rings is 1. The van der Waals surface area contributed by atoms with Crippen LogP contribution >= 0.6 is 0 Å². The van der Waals surface area contributed by atoms with Gasteiger partial charge in [0.05, 0.1) is 12.5 Å². The van der Waals surface area contributed by atoms with Gasteiger partial charge in [-0.05, 0) is 0 Å². The van der Waals surface area contributed by atoms with Crippen LogP contribution in [0.1, 0.15) is 6.42 Å². The van der Waals surface area contributed by atoms with Gasteiger partial charge in [0.25, 0.3) is 10.2 Å². The van der Waals surface area contributed by atoms with Gasteiger partial charge in [0, 0.05) is 53.9 Å². The van der Waals surface area contributed by atoms with Gasteiger partial charge >= 0.3 is 0 Å². The molecular formula is C11H24N4O4S. The standard InChI is InChI=1S/C11H24N4O4S/c1-13(2)20(17,18)15-6-4-14(5-7-15)11(16)8-10(9-12)19-3/h10H,4-9,12H2,1-3H3. The number of hydrogen-bond acceptors (Lipinski definition) is 5.